The maximum atomic E-state index is 12.0. The van der Waals surface area contributed by atoms with Crippen molar-refractivity contribution in [2.75, 3.05) is 6.54 Å². The number of carboxylic acid groups (broad SMARTS) is 1. The van der Waals surface area contributed by atoms with Crippen LogP contribution in [0.2, 0.25) is 0 Å². The van der Waals surface area contributed by atoms with Gasteiger partial charge in [-0.15, -0.1) is 0 Å². The van der Waals surface area contributed by atoms with Crippen molar-refractivity contribution in [1.82, 2.24) is 16.0 Å². The second kappa shape index (κ2) is 8.77. The predicted octanol–water partition coefficient (Wildman–Crippen LogP) is -1.23. The molecule has 0 fully saturated rings. The zero-order chi connectivity index (χ0) is 16.6. The normalized spacial score (nSPS) is 13.1. The van der Waals surface area contributed by atoms with Crippen LogP contribution in [0.15, 0.2) is 0 Å². The number of hydrogen-bond donors (Lipinski definition) is 5. The summed E-state index contributed by atoms with van der Waals surface area (Å²) >= 11 is 0. The number of rotatable bonds is 8. The Morgan fingerprint density at radius 2 is 1.67 bits per heavy atom. The SMILES string of the molecule is CC(=O)N[C@@H](CNC(=O)O)C(=O)N[C@@H](CC(C)C)C(N)=O. The number of primary amides is 1. The highest BCUT2D eigenvalue weighted by Crippen LogP contribution is 2.04. The lowest BCUT2D eigenvalue weighted by molar-refractivity contribution is -0.131. The summed E-state index contributed by atoms with van der Waals surface area (Å²) in [5, 5.41) is 15.3. The molecule has 0 aliphatic carbocycles. The van der Waals surface area contributed by atoms with Gasteiger partial charge in [0.1, 0.15) is 12.1 Å². The first kappa shape index (κ1) is 18.7. The van der Waals surface area contributed by atoms with Gasteiger partial charge in [0.05, 0.1) is 6.54 Å². The smallest absolute Gasteiger partial charge is 0.404 e. The molecule has 0 heterocycles. The highest BCUT2D eigenvalue weighted by molar-refractivity contribution is 5.91. The van der Waals surface area contributed by atoms with Gasteiger partial charge in [-0.1, -0.05) is 13.8 Å². The molecule has 0 aliphatic rings. The molecule has 0 radical (unpaired) electrons. The molecule has 0 aromatic heterocycles. The second-order valence-electron chi connectivity index (χ2n) is 5.03. The molecule has 0 saturated carbocycles. The molecular formula is C12H22N4O5. The maximum Gasteiger partial charge on any atom is 0.404 e. The summed E-state index contributed by atoms with van der Waals surface area (Å²) in [6, 6.07) is -1.99. The molecule has 9 heteroatoms. The molecule has 4 amide bonds. The first-order valence-electron chi connectivity index (χ1n) is 6.47. The third kappa shape index (κ3) is 8.45. The van der Waals surface area contributed by atoms with Crippen molar-refractivity contribution >= 4 is 23.8 Å². The number of carbonyl (C=O) groups is 4. The minimum absolute atomic E-state index is 0.124. The zero-order valence-electron chi connectivity index (χ0n) is 12.3. The van der Waals surface area contributed by atoms with Crippen LogP contribution in [0.4, 0.5) is 4.79 Å². The Bertz CT molecular complexity index is 410. The number of nitrogens with one attached hydrogen (secondary N) is 3. The lowest BCUT2D eigenvalue weighted by Gasteiger charge is -2.22. The molecule has 0 saturated heterocycles. The van der Waals surface area contributed by atoms with Gasteiger partial charge in [-0.2, -0.15) is 0 Å². The lowest BCUT2D eigenvalue weighted by Crippen LogP contribution is -2.56. The minimum atomic E-state index is -1.33. The van der Waals surface area contributed by atoms with Crippen LogP contribution in [0.3, 0.4) is 0 Å². The van der Waals surface area contributed by atoms with Crippen LogP contribution >= 0.6 is 0 Å². The van der Waals surface area contributed by atoms with Gasteiger partial charge in [-0.05, 0) is 12.3 Å². The van der Waals surface area contributed by atoms with E-state index in [1.54, 1.807) is 0 Å². The van der Waals surface area contributed by atoms with E-state index in [0.29, 0.717) is 6.42 Å². The Morgan fingerprint density at radius 3 is 2.05 bits per heavy atom. The van der Waals surface area contributed by atoms with Crippen LogP contribution in [-0.4, -0.2) is 47.5 Å². The molecule has 0 bridgehead atoms. The topological polar surface area (TPSA) is 151 Å². The van der Waals surface area contributed by atoms with Gasteiger partial charge in [0, 0.05) is 6.92 Å². The standard InChI is InChI=1S/C12H22N4O5/c1-6(2)4-8(10(13)18)16-11(19)9(15-7(3)17)5-14-12(20)21/h6,8-9,14H,4-5H2,1-3H3,(H2,13,18)(H,15,17)(H,16,19)(H,20,21)/t8-,9-/m0/s1. The van der Waals surface area contributed by atoms with Gasteiger partial charge >= 0.3 is 6.09 Å². The Balaban J connectivity index is 4.79. The van der Waals surface area contributed by atoms with Crippen molar-refractivity contribution < 1.29 is 24.3 Å². The van der Waals surface area contributed by atoms with Crippen molar-refractivity contribution in [3.05, 3.63) is 0 Å². The van der Waals surface area contributed by atoms with Crippen LogP contribution in [-0.2, 0) is 14.4 Å². The van der Waals surface area contributed by atoms with Crippen LogP contribution in [0.1, 0.15) is 27.2 Å². The Kier molecular flexibility index (Phi) is 7.80. The van der Waals surface area contributed by atoms with Gasteiger partial charge in [-0.25, -0.2) is 4.79 Å². The fourth-order valence-electron chi connectivity index (χ4n) is 1.63. The van der Waals surface area contributed by atoms with Gasteiger partial charge < -0.3 is 26.8 Å². The van der Waals surface area contributed by atoms with Crippen molar-refractivity contribution in [3.63, 3.8) is 0 Å². The Morgan fingerprint density at radius 1 is 1.10 bits per heavy atom. The molecule has 120 valence electrons. The molecule has 0 unspecified atom stereocenters. The number of hydrogen-bond acceptors (Lipinski definition) is 4. The van der Waals surface area contributed by atoms with Gasteiger partial charge in [-0.3, -0.25) is 14.4 Å². The molecule has 9 nitrogen and oxygen atoms in total. The summed E-state index contributed by atoms with van der Waals surface area (Å²) in [7, 11) is 0. The molecule has 0 aromatic carbocycles. The predicted molar refractivity (Wildman–Crippen MR) is 74.2 cm³/mol. The van der Waals surface area contributed by atoms with E-state index in [2.05, 4.69) is 10.6 Å². The highest BCUT2D eigenvalue weighted by Gasteiger charge is 2.25. The van der Waals surface area contributed by atoms with Crippen molar-refractivity contribution in [3.8, 4) is 0 Å². The average molecular weight is 302 g/mol. The molecule has 6 N–H and O–H groups in total. The summed E-state index contributed by atoms with van der Waals surface area (Å²) in [5.41, 5.74) is 5.21. The van der Waals surface area contributed by atoms with E-state index in [1.807, 2.05) is 19.2 Å². The summed E-state index contributed by atoms with van der Waals surface area (Å²) < 4.78 is 0. The number of amides is 4. The van der Waals surface area contributed by atoms with Gasteiger partial charge in [0.15, 0.2) is 0 Å². The molecule has 2 atom stereocenters. The highest BCUT2D eigenvalue weighted by atomic mass is 16.4. The Labute approximate surface area is 122 Å². The second-order valence-corrected chi connectivity index (χ2v) is 5.03. The van der Waals surface area contributed by atoms with Crippen LogP contribution < -0.4 is 21.7 Å². The first-order valence-corrected chi connectivity index (χ1v) is 6.47. The van der Waals surface area contributed by atoms with E-state index >= 15 is 0 Å². The van der Waals surface area contributed by atoms with Crippen LogP contribution in [0.5, 0.6) is 0 Å². The lowest BCUT2D eigenvalue weighted by atomic mass is 10.0. The molecular weight excluding hydrogens is 280 g/mol. The fourth-order valence-corrected chi connectivity index (χ4v) is 1.63. The molecule has 0 aliphatic heterocycles. The van der Waals surface area contributed by atoms with Crippen molar-refractivity contribution in [2.24, 2.45) is 11.7 Å². The minimum Gasteiger partial charge on any atom is -0.465 e. The summed E-state index contributed by atoms with van der Waals surface area (Å²) in [4.78, 5) is 44.8. The van der Waals surface area contributed by atoms with Gasteiger partial charge in [0.25, 0.3) is 0 Å². The molecule has 0 spiro atoms. The summed E-state index contributed by atoms with van der Waals surface area (Å²) in [6.07, 6.45) is -0.980. The first-order chi connectivity index (χ1) is 9.63. The quantitative estimate of drug-likeness (QED) is 0.380. The van der Waals surface area contributed by atoms with E-state index in [0.717, 1.165) is 0 Å². The van der Waals surface area contributed by atoms with Crippen molar-refractivity contribution in [2.45, 2.75) is 39.3 Å². The molecule has 0 aromatic rings. The third-order valence-electron chi connectivity index (χ3n) is 2.52. The monoisotopic (exact) mass is 302 g/mol. The fraction of sp³-hybridized carbons (Fsp3) is 0.667. The van der Waals surface area contributed by atoms with Crippen LogP contribution in [0, 0.1) is 5.92 Å². The van der Waals surface area contributed by atoms with Gasteiger partial charge in [0.2, 0.25) is 17.7 Å². The number of nitrogens with two attached hydrogens (primary N) is 1. The number of carbonyl (C=O) groups excluding carboxylic acids is 3. The average Bonchev–Trinajstić information content (AvgIpc) is 2.32. The van der Waals surface area contributed by atoms with E-state index in [4.69, 9.17) is 10.8 Å². The van der Waals surface area contributed by atoms with Crippen LogP contribution in [0.25, 0.3) is 0 Å². The van der Waals surface area contributed by atoms with Crippen molar-refractivity contribution in [1.29, 1.82) is 0 Å². The largest absolute Gasteiger partial charge is 0.465 e. The zero-order valence-corrected chi connectivity index (χ0v) is 12.3. The Hall–Kier alpha value is -2.32. The summed E-state index contributed by atoms with van der Waals surface area (Å²) in [5.74, 6) is -1.74. The van der Waals surface area contributed by atoms with E-state index < -0.39 is 35.9 Å². The maximum absolute atomic E-state index is 12.0. The molecule has 21 heavy (non-hydrogen) atoms. The molecule has 0 rings (SSSR count). The van der Waals surface area contributed by atoms with E-state index in [-0.39, 0.29) is 12.5 Å². The van der Waals surface area contributed by atoms with E-state index in [1.165, 1.54) is 6.92 Å². The summed E-state index contributed by atoms with van der Waals surface area (Å²) in [6.45, 7) is 4.60. The third-order valence-corrected chi connectivity index (χ3v) is 2.52. The van der Waals surface area contributed by atoms with E-state index in [9.17, 15) is 19.2 Å².